The fourth-order valence-corrected chi connectivity index (χ4v) is 2.30. The molecule has 0 radical (unpaired) electrons. The Morgan fingerprint density at radius 3 is 2.83 bits per heavy atom. The van der Waals surface area contributed by atoms with Gasteiger partial charge in [-0.25, -0.2) is 4.99 Å². The Morgan fingerprint density at radius 1 is 1.39 bits per heavy atom. The van der Waals surface area contributed by atoms with Gasteiger partial charge in [0.25, 0.3) is 0 Å². The number of guanidine groups is 1. The van der Waals surface area contributed by atoms with Gasteiger partial charge in [0.15, 0.2) is 5.96 Å². The summed E-state index contributed by atoms with van der Waals surface area (Å²) in [5.41, 5.74) is 5.71. The number of aliphatic imine (C=N–C) groups is 1. The van der Waals surface area contributed by atoms with Gasteiger partial charge in [0, 0.05) is 26.2 Å². The van der Waals surface area contributed by atoms with E-state index in [1.54, 1.807) is 0 Å². The minimum Gasteiger partial charge on any atom is -0.376 e. The number of rotatable bonds is 4. The Labute approximate surface area is 108 Å². The van der Waals surface area contributed by atoms with Crippen molar-refractivity contribution in [2.24, 2.45) is 10.7 Å². The SMILES string of the molecule is NC(=NCC(=O)N1CCCC1)NC[C@@H]1CCCO1. The standard InChI is InChI=1S/C12H22N4O2/c13-12(14-8-10-4-3-7-18-10)15-9-11(17)16-5-1-2-6-16/h10H,1-9H2,(H3,13,14,15)/t10-/m0/s1. The van der Waals surface area contributed by atoms with E-state index in [9.17, 15) is 4.79 Å². The number of carbonyl (C=O) groups is 1. The number of ether oxygens (including phenoxy) is 1. The Hall–Kier alpha value is -1.30. The molecule has 0 bridgehead atoms. The topological polar surface area (TPSA) is 80.0 Å². The molecule has 0 aromatic carbocycles. The number of hydrogen-bond donors (Lipinski definition) is 2. The highest BCUT2D eigenvalue weighted by atomic mass is 16.5. The quantitative estimate of drug-likeness (QED) is 0.533. The highest BCUT2D eigenvalue weighted by Crippen LogP contribution is 2.10. The van der Waals surface area contributed by atoms with Crippen LogP contribution in [0.15, 0.2) is 4.99 Å². The third-order valence-electron chi connectivity index (χ3n) is 3.38. The van der Waals surface area contributed by atoms with Crippen molar-refractivity contribution in [2.75, 3.05) is 32.8 Å². The molecule has 1 atom stereocenters. The zero-order valence-electron chi connectivity index (χ0n) is 10.7. The molecule has 3 N–H and O–H groups in total. The zero-order valence-corrected chi connectivity index (χ0v) is 10.7. The highest BCUT2D eigenvalue weighted by molar-refractivity contribution is 5.84. The number of nitrogens with one attached hydrogen (secondary N) is 1. The van der Waals surface area contributed by atoms with Crippen molar-refractivity contribution in [3.05, 3.63) is 0 Å². The molecule has 6 nitrogen and oxygen atoms in total. The smallest absolute Gasteiger partial charge is 0.244 e. The number of likely N-dealkylation sites (tertiary alicyclic amines) is 1. The first-order chi connectivity index (χ1) is 8.75. The van der Waals surface area contributed by atoms with E-state index in [4.69, 9.17) is 10.5 Å². The van der Waals surface area contributed by atoms with E-state index in [-0.39, 0.29) is 18.6 Å². The van der Waals surface area contributed by atoms with Crippen LogP contribution in [-0.2, 0) is 9.53 Å². The van der Waals surface area contributed by atoms with Gasteiger partial charge in [-0.2, -0.15) is 0 Å². The maximum Gasteiger partial charge on any atom is 0.244 e. The van der Waals surface area contributed by atoms with Gasteiger partial charge in [-0.3, -0.25) is 4.79 Å². The van der Waals surface area contributed by atoms with E-state index in [0.717, 1.165) is 45.4 Å². The normalized spacial score (nSPS) is 24.6. The Bertz CT molecular complexity index is 307. The van der Waals surface area contributed by atoms with Gasteiger partial charge >= 0.3 is 0 Å². The van der Waals surface area contributed by atoms with Gasteiger partial charge in [0.1, 0.15) is 6.54 Å². The second kappa shape index (κ2) is 6.58. The highest BCUT2D eigenvalue weighted by Gasteiger charge is 2.17. The van der Waals surface area contributed by atoms with Crippen molar-refractivity contribution in [3.63, 3.8) is 0 Å². The van der Waals surface area contributed by atoms with Crippen LogP contribution in [0, 0.1) is 0 Å². The van der Waals surface area contributed by atoms with Gasteiger partial charge in [-0.1, -0.05) is 0 Å². The summed E-state index contributed by atoms with van der Waals surface area (Å²) in [6, 6.07) is 0. The molecule has 0 aromatic rings. The summed E-state index contributed by atoms with van der Waals surface area (Å²) >= 11 is 0. The summed E-state index contributed by atoms with van der Waals surface area (Å²) in [6.07, 6.45) is 4.60. The average molecular weight is 254 g/mol. The van der Waals surface area contributed by atoms with Gasteiger partial charge < -0.3 is 20.7 Å². The van der Waals surface area contributed by atoms with Crippen molar-refractivity contribution >= 4 is 11.9 Å². The lowest BCUT2D eigenvalue weighted by atomic mass is 10.2. The first kappa shape index (κ1) is 13.1. The Balaban J connectivity index is 1.65. The number of hydrogen-bond acceptors (Lipinski definition) is 3. The Morgan fingerprint density at radius 2 is 2.17 bits per heavy atom. The molecule has 0 unspecified atom stereocenters. The van der Waals surface area contributed by atoms with E-state index in [1.807, 2.05) is 4.90 Å². The molecule has 6 heteroatoms. The van der Waals surface area contributed by atoms with Crippen molar-refractivity contribution < 1.29 is 9.53 Å². The van der Waals surface area contributed by atoms with E-state index in [2.05, 4.69) is 10.3 Å². The van der Waals surface area contributed by atoms with Crippen LogP contribution in [0.4, 0.5) is 0 Å². The molecular formula is C12H22N4O2. The van der Waals surface area contributed by atoms with E-state index in [1.165, 1.54) is 0 Å². The molecule has 0 aromatic heterocycles. The van der Waals surface area contributed by atoms with Crippen molar-refractivity contribution in [1.29, 1.82) is 0 Å². The molecule has 2 fully saturated rings. The van der Waals surface area contributed by atoms with Crippen LogP contribution in [0.3, 0.4) is 0 Å². The number of amides is 1. The zero-order chi connectivity index (χ0) is 12.8. The summed E-state index contributed by atoms with van der Waals surface area (Å²) in [5, 5.41) is 3.00. The monoisotopic (exact) mass is 254 g/mol. The second-order valence-corrected chi connectivity index (χ2v) is 4.81. The summed E-state index contributed by atoms with van der Waals surface area (Å²) < 4.78 is 5.46. The van der Waals surface area contributed by atoms with Crippen LogP contribution in [0.1, 0.15) is 25.7 Å². The van der Waals surface area contributed by atoms with Crippen molar-refractivity contribution in [1.82, 2.24) is 10.2 Å². The second-order valence-electron chi connectivity index (χ2n) is 4.81. The molecule has 1 amide bonds. The van der Waals surface area contributed by atoms with E-state index in [0.29, 0.717) is 12.5 Å². The van der Waals surface area contributed by atoms with Crippen molar-refractivity contribution in [3.8, 4) is 0 Å². The number of nitrogens with two attached hydrogens (primary N) is 1. The summed E-state index contributed by atoms with van der Waals surface area (Å²) in [7, 11) is 0. The molecule has 18 heavy (non-hydrogen) atoms. The lowest BCUT2D eigenvalue weighted by Crippen LogP contribution is -2.38. The predicted molar refractivity (Wildman–Crippen MR) is 69.3 cm³/mol. The molecule has 2 rings (SSSR count). The molecule has 0 spiro atoms. The van der Waals surface area contributed by atoms with Crippen molar-refractivity contribution in [2.45, 2.75) is 31.8 Å². The fourth-order valence-electron chi connectivity index (χ4n) is 2.30. The van der Waals surface area contributed by atoms with Crippen LogP contribution < -0.4 is 11.1 Å². The van der Waals surface area contributed by atoms with Gasteiger partial charge in [0.2, 0.25) is 5.91 Å². The molecule has 2 saturated heterocycles. The van der Waals surface area contributed by atoms with Gasteiger partial charge in [-0.15, -0.1) is 0 Å². The third kappa shape index (κ3) is 3.87. The van der Waals surface area contributed by atoms with E-state index >= 15 is 0 Å². The maximum atomic E-state index is 11.7. The third-order valence-corrected chi connectivity index (χ3v) is 3.38. The van der Waals surface area contributed by atoms with Crippen LogP contribution in [-0.4, -0.2) is 55.7 Å². The molecule has 2 heterocycles. The first-order valence-electron chi connectivity index (χ1n) is 6.69. The minimum absolute atomic E-state index is 0.0642. The first-order valence-corrected chi connectivity index (χ1v) is 6.69. The molecule has 2 aliphatic rings. The molecule has 102 valence electrons. The average Bonchev–Trinajstić information content (AvgIpc) is 3.05. The molecular weight excluding hydrogens is 232 g/mol. The van der Waals surface area contributed by atoms with Crippen LogP contribution in [0.25, 0.3) is 0 Å². The summed E-state index contributed by atoms with van der Waals surface area (Å²) in [5.74, 6) is 0.396. The van der Waals surface area contributed by atoms with Crippen LogP contribution in [0.5, 0.6) is 0 Å². The van der Waals surface area contributed by atoms with Gasteiger partial charge in [0.05, 0.1) is 6.10 Å². The number of carbonyl (C=O) groups excluding carboxylic acids is 1. The predicted octanol–water partition coefficient (Wildman–Crippen LogP) is -0.308. The molecule has 2 aliphatic heterocycles. The maximum absolute atomic E-state index is 11.7. The minimum atomic E-state index is 0.0642. The fraction of sp³-hybridized carbons (Fsp3) is 0.833. The lowest BCUT2D eigenvalue weighted by Gasteiger charge is -2.14. The largest absolute Gasteiger partial charge is 0.376 e. The van der Waals surface area contributed by atoms with Gasteiger partial charge in [-0.05, 0) is 25.7 Å². The van der Waals surface area contributed by atoms with E-state index < -0.39 is 0 Å². The summed E-state index contributed by atoms with van der Waals surface area (Å²) in [6.45, 7) is 3.36. The van der Waals surface area contributed by atoms with Crippen LogP contribution >= 0.6 is 0 Å². The molecule has 0 aliphatic carbocycles. The lowest BCUT2D eigenvalue weighted by molar-refractivity contribution is -0.128. The number of nitrogens with zero attached hydrogens (tertiary/aromatic N) is 2. The van der Waals surface area contributed by atoms with Crippen LogP contribution in [0.2, 0.25) is 0 Å². The Kier molecular flexibility index (Phi) is 4.81. The molecule has 0 saturated carbocycles. The summed E-state index contributed by atoms with van der Waals surface area (Å²) in [4.78, 5) is 17.6.